The van der Waals surface area contributed by atoms with Gasteiger partial charge in [0.25, 0.3) is 5.91 Å². The summed E-state index contributed by atoms with van der Waals surface area (Å²) in [6.45, 7) is 3.38. The largest absolute Gasteiger partial charge is 0.326 e. The summed E-state index contributed by atoms with van der Waals surface area (Å²) in [4.78, 5) is 38.8. The highest BCUT2D eigenvalue weighted by molar-refractivity contribution is 6.21. The Balaban J connectivity index is 1.75. The van der Waals surface area contributed by atoms with Crippen LogP contribution in [-0.2, 0) is 14.4 Å². The maximum absolute atomic E-state index is 12.8. The summed E-state index contributed by atoms with van der Waals surface area (Å²) in [6, 6.07) is 6.60. The van der Waals surface area contributed by atoms with E-state index < -0.39 is 0 Å². The molecule has 0 aromatic heterocycles. The van der Waals surface area contributed by atoms with Gasteiger partial charge < -0.3 is 10.2 Å². The fraction of sp³-hybridized carbons (Fsp3) is 0.500. The van der Waals surface area contributed by atoms with Crippen molar-refractivity contribution in [3.8, 4) is 0 Å². The highest BCUT2D eigenvalue weighted by Crippen LogP contribution is 2.24. The number of imide groups is 1. The van der Waals surface area contributed by atoms with Crippen molar-refractivity contribution in [1.29, 1.82) is 0 Å². The van der Waals surface area contributed by atoms with Gasteiger partial charge in [0.1, 0.15) is 0 Å². The van der Waals surface area contributed by atoms with Gasteiger partial charge in [-0.3, -0.25) is 14.4 Å². The van der Waals surface area contributed by atoms with Gasteiger partial charge in [-0.2, -0.15) is 0 Å². The quantitative estimate of drug-likeness (QED) is 0.803. The van der Waals surface area contributed by atoms with Gasteiger partial charge in [-0.25, -0.2) is 4.90 Å². The van der Waals surface area contributed by atoms with Crippen LogP contribution in [0.15, 0.2) is 24.3 Å². The van der Waals surface area contributed by atoms with Gasteiger partial charge in [-0.15, -0.1) is 0 Å². The van der Waals surface area contributed by atoms with Gasteiger partial charge in [0.05, 0.1) is 25.2 Å². The molecule has 1 aromatic rings. The lowest BCUT2D eigenvalue weighted by Gasteiger charge is -2.22. The van der Waals surface area contributed by atoms with Gasteiger partial charge in [0, 0.05) is 12.6 Å². The summed E-state index contributed by atoms with van der Waals surface area (Å²) in [6.07, 6.45) is 4.97. The third kappa shape index (κ3) is 3.48. The second kappa shape index (κ2) is 7.13. The second-order valence-corrected chi connectivity index (χ2v) is 6.62. The van der Waals surface area contributed by atoms with Crippen LogP contribution < -0.4 is 15.1 Å². The number of carbonyl (C=O) groups excluding carboxylic acids is 3. The minimum atomic E-state index is -0.245. The average molecular weight is 330 g/mol. The number of nitrogens with one attached hydrogen (secondary N) is 2. The molecule has 0 spiro atoms. The van der Waals surface area contributed by atoms with E-state index in [1.54, 1.807) is 24.3 Å². The molecule has 2 heterocycles. The first-order valence-electron chi connectivity index (χ1n) is 8.65. The Morgan fingerprint density at radius 3 is 2.29 bits per heavy atom. The van der Waals surface area contributed by atoms with Crippen LogP contribution in [0.4, 0.5) is 11.4 Å². The van der Waals surface area contributed by atoms with Crippen molar-refractivity contribution in [3.05, 3.63) is 24.3 Å². The third-order valence-electron chi connectivity index (χ3n) is 4.83. The topological polar surface area (TPSA) is 70.9 Å². The molecule has 6 nitrogen and oxygen atoms in total. The van der Waals surface area contributed by atoms with E-state index in [2.05, 4.69) is 5.32 Å². The molecule has 3 amide bonds. The molecule has 2 N–H and O–H groups in total. The summed E-state index contributed by atoms with van der Waals surface area (Å²) < 4.78 is 0. The van der Waals surface area contributed by atoms with E-state index in [0.717, 1.165) is 25.9 Å². The molecule has 0 saturated carbocycles. The van der Waals surface area contributed by atoms with Crippen LogP contribution >= 0.6 is 0 Å². The number of hydrogen-bond donors (Lipinski definition) is 2. The van der Waals surface area contributed by atoms with E-state index in [-0.39, 0.29) is 23.8 Å². The standard InChI is InChI=1S/C18H23N3O3/c1-13(22)19-14-6-8-15(9-7-14)21-17(23)12-16(18(21)24)20-10-4-2-3-5-11-20/h6-9,16H,2-5,10-12H2,1H3,(H,19,22)/p+1/t16-/m0/s1. The van der Waals surface area contributed by atoms with Crippen molar-refractivity contribution in [2.75, 3.05) is 23.3 Å². The van der Waals surface area contributed by atoms with Crippen molar-refractivity contribution >= 4 is 29.1 Å². The van der Waals surface area contributed by atoms with E-state index in [0.29, 0.717) is 17.8 Å². The molecular formula is C18H24N3O3+. The monoisotopic (exact) mass is 330 g/mol. The minimum Gasteiger partial charge on any atom is -0.326 e. The molecule has 2 saturated heterocycles. The normalized spacial score (nSPS) is 22.5. The minimum absolute atomic E-state index is 0.0934. The maximum atomic E-state index is 12.8. The molecule has 2 aliphatic heterocycles. The Labute approximate surface area is 141 Å². The number of benzene rings is 1. The van der Waals surface area contributed by atoms with E-state index in [9.17, 15) is 14.4 Å². The van der Waals surface area contributed by atoms with Crippen LogP contribution in [0, 0.1) is 0 Å². The average Bonchev–Trinajstić information content (AvgIpc) is 2.73. The Morgan fingerprint density at radius 1 is 1.08 bits per heavy atom. The molecule has 2 aliphatic rings. The van der Waals surface area contributed by atoms with Crippen LogP contribution in [0.2, 0.25) is 0 Å². The zero-order valence-electron chi connectivity index (χ0n) is 14.0. The van der Waals surface area contributed by atoms with Crippen molar-refractivity contribution in [2.45, 2.75) is 45.1 Å². The van der Waals surface area contributed by atoms with Gasteiger partial charge in [0.2, 0.25) is 11.8 Å². The Hall–Kier alpha value is -2.21. The third-order valence-corrected chi connectivity index (χ3v) is 4.83. The van der Waals surface area contributed by atoms with E-state index in [1.807, 2.05) is 0 Å². The Bertz CT molecular complexity index is 633. The van der Waals surface area contributed by atoms with Gasteiger partial charge in [-0.1, -0.05) is 0 Å². The zero-order chi connectivity index (χ0) is 17.1. The predicted octanol–water partition coefficient (Wildman–Crippen LogP) is 0.736. The number of rotatable bonds is 3. The zero-order valence-corrected chi connectivity index (χ0v) is 14.0. The molecule has 24 heavy (non-hydrogen) atoms. The van der Waals surface area contributed by atoms with E-state index in [4.69, 9.17) is 0 Å². The lowest BCUT2D eigenvalue weighted by Crippen LogP contribution is -3.16. The van der Waals surface area contributed by atoms with Gasteiger partial charge in [0.15, 0.2) is 6.04 Å². The maximum Gasteiger partial charge on any atom is 0.292 e. The molecule has 6 heteroatoms. The van der Waals surface area contributed by atoms with Crippen molar-refractivity contribution in [3.63, 3.8) is 0 Å². The highest BCUT2D eigenvalue weighted by Gasteiger charge is 2.45. The number of quaternary nitrogens is 1. The van der Waals surface area contributed by atoms with Crippen molar-refractivity contribution < 1.29 is 19.3 Å². The molecule has 0 radical (unpaired) electrons. The lowest BCUT2D eigenvalue weighted by molar-refractivity contribution is -0.914. The van der Waals surface area contributed by atoms with E-state index in [1.165, 1.54) is 29.6 Å². The highest BCUT2D eigenvalue weighted by atomic mass is 16.2. The Morgan fingerprint density at radius 2 is 1.71 bits per heavy atom. The first kappa shape index (κ1) is 16.6. The summed E-state index contributed by atoms with van der Waals surface area (Å²) in [5.41, 5.74) is 1.23. The van der Waals surface area contributed by atoms with Crippen molar-refractivity contribution in [2.24, 2.45) is 0 Å². The molecule has 3 rings (SSSR count). The molecule has 0 unspecified atom stereocenters. The summed E-state index contributed by atoms with van der Waals surface area (Å²) in [5.74, 6) is -0.376. The molecule has 1 atom stereocenters. The smallest absolute Gasteiger partial charge is 0.292 e. The van der Waals surface area contributed by atoms with Crippen LogP contribution in [0.5, 0.6) is 0 Å². The first-order chi connectivity index (χ1) is 11.6. The molecule has 0 aliphatic carbocycles. The molecular weight excluding hydrogens is 306 g/mol. The number of carbonyl (C=O) groups is 3. The van der Waals surface area contributed by atoms with Gasteiger partial charge >= 0.3 is 0 Å². The molecule has 128 valence electrons. The number of hydrogen-bond acceptors (Lipinski definition) is 3. The lowest BCUT2D eigenvalue weighted by atomic mass is 10.2. The van der Waals surface area contributed by atoms with Crippen LogP contribution in [0.3, 0.4) is 0 Å². The summed E-state index contributed by atoms with van der Waals surface area (Å²) in [5, 5.41) is 2.68. The second-order valence-electron chi connectivity index (χ2n) is 6.62. The molecule has 0 bridgehead atoms. The number of likely N-dealkylation sites (tertiary alicyclic amines) is 1. The Kier molecular flexibility index (Phi) is 4.94. The molecule has 1 aromatic carbocycles. The van der Waals surface area contributed by atoms with Crippen LogP contribution in [-0.4, -0.2) is 36.9 Å². The van der Waals surface area contributed by atoms with Crippen molar-refractivity contribution in [1.82, 2.24) is 0 Å². The fourth-order valence-electron chi connectivity index (χ4n) is 3.65. The predicted molar refractivity (Wildman–Crippen MR) is 90.8 cm³/mol. The number of anilines is 2. The molecule has 2 fully saturated rings. The van der Waals surface area contributed by atoms with Gasteiger partial charge in [-0.05, 0) is 49.9 Å². The van der Waals surface area contributed by atoms with Crippen LogP contribution in [0.25, 0.3) is 0 Å². The van der Waals surface area contributed by atoms with E-state index >= 15 is 0 Å². The summed E-state index contributed by atoms with van der Waals surface area (Å²) >= 11 is 0. The number of amides is 3. The summed E-state index contributed by atoms with van der Waals surface area (Å²) in [7, 11) is 0. The SMILES string of the molecule is CC(=O)Nc1ccc(N2C(=O)C[C@H]([NH+]3CCCCCC3)C2=O)cc1. The fourth-order valence-corrected chi connectivity index (χ4v) is 3.65. The number of nitrogens with zero attached hydrogens (tertiary/aromatic N) is 1. The first-order valence-corrected chi connectivity index (χ1v) is 8.65. The van der Waals surface area contributed by atoms with Crippen LogP contribution in [0.1, 0.15) is 39.0 Å².